The minimum Gasteiger partial charge on any atom is -0.353 e. The summed E-state index contributed by atoms with van der Waals surface area (Å²) >= 11 is 1.50. The first-order valence-corrected chi connectivity index (χ1v) is 8.79. The lowest BCUT2D eigenvalue weighted by Crippen LogP contribution is -2.33. The van der Waals surface area contributed by atoms with Crippen LogP contribution in [0.3, 0.4) is 0 Å². The van der Waals surface area contributed by atoms with E-state index in [9.17, 15) is 4.79 Å². The Morgan fingerprint density at radius 3 is 2.82 bits per heavy atom. The normalized spacial score (nSPS) is 12.4. The van der Waals surface area contributed by atoms with Crippen LogP contribution in [0.4, 0.5) is 0 Å². The van der Waals surface area contributed by atoms with Gasteiger partial charge in [-0.15, -0.1) is 0 Å². The van der Waals surface area contributed by atoms with Gasteiger partial charge in [0.25, 0.3) is 0 Å². The lowest BCUT2D eigenvalue weighted by molar-refractivity contribution is -0.119. The lowest BCUT2D eigenvalue weighted by Gasteiger charge is -2.12. The predicted octanol–water partition coefficient (Wildman–Crippen LogP) is 4.25. The van der Waals surface area contributed by atoms with Gasteiger partial charge in [-0.25, -0.2) is 4.98 Å². The van der Waals surface area contributed by atoms with Crippen molar-refractivity contribution >= 4 is 28.6 Å². The molecule has 0 bridgehead atoms. The Hall–Kier alpha value is -1.55. The molecule has 1 atom stereocenters. The molecule has 2 rings (SSSR count). The van der Waals surface area contributed by atoms with Crippen LogP contribution >= 0.6 is 11.8 Å². The Morgan fingerprint density at radius 1 is 1.32 bits per heavy atom. The molecule has 0 saturated heterocycles. The summed E-state index contributed by atoms with van der Waals surface area (Å²) in [5.74, 6) is 0.494. The number of benzene rings is 1. The molecule has 4 heteroatoms. The van der Waals surface area contributed by atoms with Gasteiger partial charge in [-0.05, 0) is 44.4 Å². The first-order valence-electron chi connectivity index (χ1n) is 7.80. The van der Waals surface area contributed by atoms with Gasteiger partial charge in [-0.1, -0.05) is 43.3 Å². The number of rotatable bonds is 6. The number of para-hydroxylation sites is 1. The van der Waals surface area contributed by atoms with Crippen LogP contribution in [0.25, 0.3) is 10.9 Å². The Morgan fingerprint density at radius 2 is 2.09 bits per heavy atom. The number of thioether (sulfide) groups is 1. The summed E-state index contributed by atoms with van der Waals surface area (Å²) in [5, 5.41) is 5.13. The van der Waals surface area contributed by atoms with E-state index in [0.717, 1.165) is 23.4 Å². The van der Waals surface area contributed by atoms with Crippen LogP contribution in [0.2, 0.25) is 0 Å². The van der Waals surface area contributed by atoms with Crippen LogP contribution < -0.4 is 5.32 Å². The minimum absolute atomic E-state index is 0.0790. The Labute approximate surface area is 136 Å². The molecule has 0 aliphatic rings. The molecule has 22 heavy (non-hydrogen) atoms. The van der Waals surface area contributed by atoms with Crippen molar-refractivity contribution in [2.75, 3.05) is 5.75 Å². The van der Waals surface area contributed by atoms with Gasteiger partial charge in [0, 0.05) is 11.4 Å². The number of hydrogen-bond acceptors (Lipinski definition) is 3. The van der Waals surface area contributed by atoms with E-state index in [0.29, 0.717) is 5.75 Å². The molecule has 0 spiro atoms. The number of pyridine rings is 1. The fourth-order valence-electron chi connectivity index (χ4n) is 2.57. The minimum atomic E-state index is 0.0790. The third-order valence-electron chi connectivity index (χ3n) is 3.70. The maximum atomic E-state index is 12.0. The second-order valence-electron chi connectivity index (χ2n) is 5.79. The van der Waals surface area contributed by atoms with Crippen LogP contribution in [-0.2, 0) is 4.79 Å². The highest BCUT2D eigenvalue weighted by atomic mass is 32.2. The zero-order valence-corrected chi connectivity index (χ0v) is 14.6. The molecule has 118 valence electrons. The van der Waals surface area contributed by atoms with E-state index in [-0.39, 0.29) is 11.9 Å². The third-order valence-corrected chi connectivity index (χ3v) is 4.62. The Kier molecular flexibility index (Phi) is 5.83. The lowest BCUT2D eigenvalue weighted by atomic mass is 10.1. The van der Waals surface area contributed by atoms with Gasteiger partial charge in [-0.2, -0.15) is 0 Å². The van der Waals surface area contributed by atoms with Gasteiger partial charge in [0.1, 0.15) is 0 Å². The first kappa shape index (κ1) is 16.8. The van der Waals surface area contributed by atoms with Crippen LogP contribution in [0.1, 0.15) is 37.8 Å². The molecule has 1 amide bonds. The number of hydrogen-bond donors (Lipinski definition) is 1. The summed E-state index contributed by atoms with van der Waals surface area (Å²) in [6.07, 6.45) is 2.10. The summed E-state index contributed by atoms with van der Waals surface area (Å²) in [7, 11) is 0. The number of nitrogens with zero attached hydrogens (tertiary/aromatic N) is 1. The van der Waals surface area contributed by atoms with Crippen molar-refractivity contribution in [2.45, 2.75) is 51.6 Å². The Balaban J connectivity index is 2.06. The monoisotopic (exact) mass is 316 g/mol. The van der Waals surface area contributed by atoms with E-state index in [4.69, 9.17) is 4.98 Å². The SMILES string of the molecule is CCCC(C)NC(=O)CSc1cc(C)c2cccc(C)c2n1. The average molecular weight is 316 g/mol. The van der Waals surface area contributed by atoms with Crippen LogP contribution in [-0.4, -0.2) is 22.7 Å². The standard InChI is InChI=1S/C18H24N2OS/c1-5-7-14(4)19-16(21)11-22-17-10-13(3)15-9-6-8-12(2)18(15)20-17/h6,8-10,14H,5,7,11H2,1-4H3,(H,19,21). The highest BCUT2D eigenvalue weighted by Crippen LogP contribution is 2.25. The van der Waals surface area contributed by atoms with Crippen molar-refractivity contribution in [3.63, 3.8) is 0 Å². The number of aryl methyl sites for hydroxylation is 2. The third kappa shape index (κ3) is 4.23. The number of carbonyl (C=O) groups is 1. The van der Waals surface area contributed by atoms with Gasteiger partial charge in [0.15, 0.2) is 0 Å². The van der Waals surface area contributed by atoms with Crippen LogP contribution in [0.15, 0.2) is 29.3 Å². The second-order valence-corrected chi connectivity index (χ2v) is 6.79. The summed E-state index contributed by atoms with van der Waals surface area (Å²) in [6, 6.07) is 8.53. The van der Waals surface area contributed by atoms with E-state index in [1.165, 1.54) is 28.3 Å². The smallest absolute Gasteiger partial charge is 0.230 e. The molecule has 1 aromatic carbocycles. The zero-order chi connectivity index (χ0) is 16.1. The van der Waals surface area contributed by atoms with Gasteiger partial charge in [0.05, 0.1) is 16.3 Å². The van der Waals surface area contributed by atoms with E-state index in [1.807, 2.05) is 6.92 Å². The number of amides is 1. The first-order chi connectivity index (χ1) is 10.5. The van der Waals surface area contributed by atoms with Crippen molar-refractivity contribution in [3.8, 4) is 0 Å². The summed E-state index contributed by atoms with van der Waals surface area (Å²) in [6.45, 7) is 8.34. The van der Waals surface area contributed by atoms with Gasteiger partial charge in [-0.3, -0.25) is 4.79 Å². The van der Waals surface area contributed by atoms with Crippen LogP contribution in [0, 0.1) is 13.8 Å². The largest absolute Gasteiger partial charge is 0.353 e. The second kappa shape index (κ2) is 7.63. The molecule has 1 heterocycles. The van der Waals surface area contributed by atoms with Crippen molar-refractivity contribution in [1.82, 2.24) is 10.3 Å². The fraction of sp³-hybridized carbons (Fsp3) is 0.444. The molecule has 0 radical (unpaired) electrons. The number of carbonyl (C=O) groups excluding carboxylic acids is 1. The van der Waals surface area contributed by atoms with Gasteiger partial charge < -0.3 is 5.32 Å². The predicted molar refractivity (Wildman–Crippen MR) is 94.5 cm³/mol. The zero-order valence-electron chi connectivity index (χ0n) is 13.8. The number of aromatic nitrogens is 1. The van der Waals surface area contributed by atoms with Crippen molar-refractivity contribution in [2.24, 2.45) is 0 Å². The highest BCUT2D eigenvalue weighted by Gasteiger charge is 2.09. The number of nitrogens with one attached hydrogen (secondary N) is 1. The molecule has 2 aromatic rings. The summed E-state index contributed by atoms with van der Waals surface area (Å²) in [4.78, 5) is 16.7. The molecule has 0 saturated carbocycles. The molecular weight excluding hydrogens is 292 g/mol. The maximum Gasteiger partial charge on any atom is 0.230 e. The molecule has 1 aromatic heterocycles. The molecule has 0 aliphatic carbocycles. The Bertz CT molecular complexity index is 669. The van der Waals surface area contributed by atoms with E-state index >= 15 is 0 Å². The van der Waals surface area contributed by atoms with Gasteiger partial charge >= 0.3 is 0 Å². The number of fused-ring (bicyclic) bond motifs is 1. The van der Waals surface area contributed by atoms with Crippen LogP contribution in [0.5, 0.6) is 0 Å². The molecule has 0 aliphatic heterocycles. The topological polar surface area (TPSA) is 42.0 Å². The van der Waals surface area contributed by atoms with E-state index in [1.54, 1.807) is 0 Å². The molecular formula is C18H24N2OS. The average Bonchev–Trinajstić information content (AvgIpc) is 2.46. The molecule has 3 nitrogen and oxygen atoms in total. The van der Waals surface area contributed by atoms with Crippen molar-refractivity contribution in [1.29, 1.82) is 0 Å². The molecule has 0 fully saturated rings. The molecule has 1 unspecified atom stereocenters. The van der Waals surface area contributed by atoms with Gasteiger partial charge in [0.2, 0.25) is 5.91 Å². The highest BCUT2D eigenvalue weighted by molar-refractivity contribution is 7.99. The van der Waals surface area contributed by atoms with E-state index in [2.05, 4.69) is 50.4 Å². The van der Waals surface area contributed by atoms with Crippen molar-refractivity contribution in [3.05, 3.63) is 35.4 Å². The quantitative estimate of drug-likeness (QED) is 0.810. The fourth-order valence-corrected chi connectivity index (χ4v) is 3.34. The summed E-state index contributed by atoms with van der Waals surface area (Å²) in [5.41, 5.74) is 3.41. The molecule has 1 N–H and O–H groups in total. The van der Waals surface area contributed by atoms with E-state index < -0.39 is 0 Å². The van der Waals surface area contributed by atoms with Crippen molar-refractivity contribution < 1.29 is 4.79 Å². The maximum absolute atomic E-state index is 12.0. The summed E-state index contributed by atoms with van der Waals surface area (Å²) < 4.78 is 0.